The van der Waals surface area contributed by atoms with E-state index in [0.29, 0.717) is 0 Å². The van der Waals surface area contributed by atoms with Gasteiger partial charge in [0, 0.05) is 12.1 Å². The molecule has 82 valence electrons. The van der Waals surface area contributed by atoms with Crippen molar-refractivity contribution in [3.63, 3.8) is 0 Å². The molecule has 0 saturated carbocycles. The minimum atomic E-state index is -0.671. The normalized spacial score (nSPS) is 10.2. The topological polar surface area (TPSA) is 41.1 Å². The maximum atomic E-state index is 13.1. The summed E-state index contributed by atoms with van der Waals surface area (Å²) in [4.78, 5) is 11.2. The molecule has 1 rings (SSSR count). The summed E-state index contributed by atoms with van der Waals surface area (Å²) in [6.45, 7) is 3.53. The van der Waals surface area contributed by atoms with E-state index in [-0.39, 0.29) is 11.7 Å². The van der Waals surface area contributed by atoms with Crippen LogP contribution in [0.3, 0.4) is 0 Å². The molecule has 0 saturated heterocycles. The Labute approximate surface area is 86.5 Å². The number of halogens is 2. The lowest BCUT2D eigenvalue weighted by Gasteiger charge is -2.10. The monoisotopic (exact) mass is 214 g/mol. The van der Waals surface area contributed by atoms with Gasteiger partial charge < -0.3 is 10.6 Å². The SMILES string of the molecule is CC(C)NC(=O)Nc1cc(F)ccc1F. The predicted octanol–water partition coefficient (Wildman–Crippen LogP) is 2.49. The van der Waals surface area contributed by atoms with Crippen molar-refractivity contribution in [2.45, 2.75) is 19.9 Å². The molecule has 0 aliphatic rings. The molecular weight excluding hydrogens is 202 g/mol. The van der Waals surface area contributed by atoms with Crippen LogP contribution in [-0.2, 0) is 0 Å². The van der Waals surface area contributed by atoms with Crippen molar-refractivity contribution in [2.24, 2.45) is 0 Å². The molecule has 0 radical (unpaired) electrons. The first kappa shape index (κ1) is 11.4. The molecule has 0 unspecified atom stereocenters. The Hall–Kier alpha value is -1.65. The lowest BCUT2D eigenvalue weighted by molar-refractivity contribution is 0.250. The van der Waals surface area contributed by atoms with E-state index in [4.69, 9.17) is 0 Å². The molecule has 0 spiro atoms. The maximum Gasteiger partial charge on any atom is 0.319 e. The summed E-state index contributed by atoms with van der Waals surface area (Å²) >= 11 is 0. The number of carbonyl (C=O) groups excluding carboxylic acids is 1. The van der Waals surface area contributed by atoms with Crippen molar-refractivity contribution in [3.05, 3.63) is 29.8 Å². The summed E-state index contributed by atoms with van der Waals surface area (Å²) < 4.78 is 25.8. The van der Waals surface area contributed by atoms with Gasteiger partial charge in [-0.2, -0.15) is 0 Å². The Morgan fingerprint density at radius 1 is 1.33 bits per heavy atom. The Kier molecular flexibility index (Phi) is 3.60. The lowest BCUT2D eigenvalue weighted by atomic mass is 10.3. The molecule has 5 heteroatoms. The second-order valence-electron chi connectivity index (χ2n) is 3.38. The third-order valence-electron chi connectivity index (χ3n) is 1.60. The first-order valence-corrected chi connectivity index (χ1v) is 4.51. The summed E-state index contributed by atoms with van der Waals surface area (Å²) in [5.74, 6) is -1.27. The van der Waals surface area contributed by atoms with Crippen LogP contribution in [-0.4, -0.2) is 12.1 Å². The van der Waals surface area contributed by atoms with E-state index < -0.39 is 17.7 Å². The molecule has 2 N–H and O–H groups in total. The molecule has 0 aromatic heterocycles. The molecule has 1 aromatic rings. The molecule has 1 aromatic carbocycles. The Morgan fingerprint density at radius 2 is 2.00 bits per heavy atom. The van der Waals surface area contributed by atoms with Gasteiger partial charge in [0.1, 0.15) is 11.6 Å². The fourth-order valence-electron chi connectivity index (χ4n) is 1.01. The molecule has 0 atom stereocenters. The van der Waals surface area contributed by atoms with Crippen LogP contribution in [0, 0.1) is 11.6 Å². The average molecular weight is 214 g/mol. The van der Waals surface area contributed by atoms with Crippen molar-refractivity contribution in [1.29, 1.82) is 0 Å². The molecule has 0 aliphatic heterocycles. The Bertz CT molecular complexity index is 366. The third kappa shape index (κ3) is 3.53. The van der Waals surface area contributed by atoms with Gasteiger partial charge >= 0.3 is 6.03 Å². The number of hydrogen-bond acceptors (Lipinski definition) is 1. The number of amides is 2. The van der Waals surface area contributed by atoms with E-state index in [1.807, 2.05) is 0 Å². The first-order valence-electron chi connectivity index (χ1n) is 4.51. The van der Waals surface area contributed by atoms with Crippen molar-refractivity contribution < 1.29 is 13.6 Å². The van der Waals surface area contributed by atoms with Gasteiger partial charge in [-0.05, 0) is 26.0 Å². The zero-order valence-corrected chi connectivity index (χ0v) is 8.47. The van der Waals surface area contributed by atoms with Gasteiger partial charge in [-0.15, -0.1) is 0 Å². The van der Waals surface area contributed by atoms with Crippen LogP contribution in [0.1, 0.15) is 13.8 Å². The van der Waals surface area contributed by atoms with Crippen LogP contribution in [0.2, 0.25) is 0 Å². The van der Waals surface area contributed by atoms with Gasteiger partial charge in [0.2, 0.25) is 0 Å². The van der Waals surface area contributed by atoms with Gasteiger partial charge in [0.15, 0.2) is 0 Å². The number of hydrogen-bond donors (Lipinski definition) is 2. The highest BCUT2D eigenvalue weighted by atomic mass is 19.1. The maximum absolute atomic E-state index is 13.1. The number of carbonyl (C=O) groups is 1. The summed E-state index contributed by atoms with van der Waals surface area (Å²) in [5.41, 5.74) is -0.173. The van der Waals surface area contributed by atoms with Crippen LogP contribution >= 0.6 is 0 Å². The molecule has 3 nitrogen and oxygen atoms in total. The molecule has 2 amide bonds. The van der Waals surface area contributed by atoms with E-state index in [1.54, 1.807) is 13.8 Å². The summed E-state index contributed by atoms with van der Waals surface area (Å²) in [6.07, 6.45) is 0. The van der Waals surface area contributed by atoms with Gasteiger partial charge in [-0.25, -0.2) is 13.6 Å². The largest absolute Gasteiger partial charge is 0.336 e. The molecular formula is C10H12F2N2O. The minimum absolute atomic E-state index is 0.0679. The fourth-order valence-corrected chi connectivity index (χ4v) is 1.01. The zero-order valence-electron chi connectivity index (χ0n) is 8.47. The van der Waals surface area contributed by atoms with Gasteiger partial charge in [-0.1, -0.05) is 0 Å². The van der Waals surface area contributed by atoms with Crippen molar-refractivity contribution in [1.82, 2.24) is 5.32 Å². The molecule has 0 aliphatic carbocycles. The van der Waals surface area contributed by atoms with E-state index in [9.17, 15) is 13.6 Å². The summed E-state index contributed by atoms with van der Waals surface area (Å²) in [5, 5.41) is 4.72. The molecule has 15 heavy (non-hydrogen) atoms. The van der Waals surface area contributed by atoms with Gasteiger partial charge in [0.25, 0.3) is 0 Å². The van der Waals surface area contributed by atoms with E-state index >= 15 is 0 Å². The highest BCUT2D eigenvalue weighted by Gasteiger charge is 2.08. The van der Waals surface area contributed by atoms with Crippen LogP contribution in [0.5, 0.6) is 0 Å². The number of nitrogens with one attached hydrogen (secondary N) is 2. The molecule has 0 heterocycles. The predicted molar refractivity (Wildman–Crippen MR) is 53.6 cm³/mol. The fraction of sp³-hybridized carbons (Fsp3) is 0.300. The summed E-state index contributed by atoms with van der Waals surface area (Å²) in [6, 6.07) is 2.24. The van der Waals surface area contributed by atoms with Crippen LogP contribution in [0.4, 0.5) is 19.3 Å². The Morgan fingerprint density at radius 3 is 2.60 bits per heavy atom. The van der Waals surface area contributed by atoms with Crippen molar-refractivity contribution in [2.75, 3.05) is 5.32 Å². The van der Waals surface area contributed by atoms with Gasteiger partial charge in [0.05, 0.1) is 5.69 Å². The molecule has 0 fully saturated rings. The summed E-state index contributed by atoms with van der Waals surface area (Å²) in [7, 11) is 0. The average Bonchev–Trinajstić information content (AvgIpc) is 2.10. The first-order chi connectivity index (χ1) is 6.99. The van der Waals surface area contributed by atoms with Crippen LogP contribution in [0.25, 0.3) is 0 Å². The highest BCUT2D eigenvalue weighted by Crippen LogP contribution is 2.14. The van der Waals surface area contributed by atoms with E-state index in [1.165, 1.54) is 0 Å². The second kappa shape index (κ2) is 4.72. The smallest absolute Gasteiger partial charge is 0.319 e. The lowest BCUT2D eigenvalue weighted by Crippen LogP contribution is -2.34. The van der Waals surface area contributed by atoms with E-state index in [2.05, 4.69) is 10.6 Å². The van der Waals surface area contributed by atoms with Crippen molar-refractivity contribution >= 4 is 11.7 Å². The standard InChI is InChI=1S/C10H12F2N2O/c1-6(2)13-10(15)14-9-5-7(11)3-4-8(9)12/h3-6H,1-2H3,(H2,13,14,15). The minimum Gasteiger partial charge on any atom is -0.336 e. The Balaban J connectivity index is 2.71. The highest BCUT2D eigenvalue weighted by molar-refractivity contribution is 5.89. The van der Waals surface area contributed by atoms with Crippen molar-refractivity contribution in [3.8, 4) is 0 Å². The molecule has 0 bridgehead atoms. The third-order valence-corrected chi connectivity index (χ3v) is 1.60. The van der Waals surface area contributed by atoms with Crippen LogP contribution in [0.15, 0.2) is 18.2 Å². The quantitative estimate of drug-likeness (QED) is 0.780. The zero-order chi connectivity index (χ0) is 11.4. The number of anilines is 1. The second-order valence-corrected chi connectivity index (χ2v) is 3.38. The number of benzene rings is 1. The number of urea groups is 1. The van der Waals surface area contributed by atoms with Crippen LogP contribution < -0.4 is 10.6 Å². The van der Waals surface area contributed by atoms with Gasteiger partial charge in [-0.3, -0.25) is 0 Å². The van der Waals surface area contributed by atoms with E-state index in [0.717, 1.165) is 18.2 Å². The number of rotatable bonds is 2.